The van der Waals surface area contributed by atoms with E-state index < -0.39 is 11.5 Å². The monoisotopic (exact) mass is 364 g/mol. The lowest BCUT2D eigenvalue weighted by molar-refractivity contribution is 0.296. The van der Waals surface area contributed by atoms with Crippen LogP contribution in [0.25, 0.3) is 5.69 Å². The van der Waals surface area contributed by atoms with E-state index >= 15 is 0 Å². The van der Waals surface area contributed by atoms with Gasteiger partial charge in [-0.3, -0.25) is 0 Å². The Labute approximate surface area is 146 Å². The number of hydrogen-bond acceptors (Lipinski definition) is 5. The van der Waals surface area contributed by atoms with Crippen molar-refractivity contribution in [3.05, 3.63) is 62.8 Å². The van der Waals surface area contributed by atoms with Gasteiger partial charge in [-0.05, 0) is 41.1 Å². The van der Waals surface area contributed by atoms with Gasteiger partial charge in [-0.15, -0.1) is 0 Å². The lowest BCUT2D eigenvalue weighted by Gasteiger charge is -2.13. The number of rotatable bonds is 4. The van der Waals surface area contributed by atoms with Crippen LogP contribution in [-0.2, 0) is 13.7 Å². The fraction of sp³-hybridized carbons (Fsp3) is 0.188. The molecule has 7 nitrogen and oxygen atoms in total. The molecule has 3 rings (SSSR count). The van der Waals surface area contributed by atoms with Crippen LogP contribution in [0.4, 0.5) is 4.39 Å². The maximum Gasteiger partial charge on any atom is 0.368 e. The smallest absolute Gasteiger partial charge is 0.368 e. The van der Waals surface area contributed by atoms with Gasteiger partial charge < -0.3 is 9.84 Å². The van der Waals surface area contributed by atoms with E-state index in [1.807, 2.05) is 0 Å². The highest BCUT2D eigenvalue weighted by Crippen LogP contribution is 2.32. The first-order chi connectivity index (χ1) is 11.9. The van der Waals surface area contributed by atoms with Gasteiger partial charge in [0, 0.05) is 13.1 Å². The second-order valence-corrected chi connectivity index (χ2v) is 5.80. The summed E-state index contributed by atoms with van der Waals surface area (Å²) in [4.78, 5) is 12.0. The Balaban J connectivity index is 1.97. The third kappa shape index (κ3) is 3.20. The summed E-state index contributed by atoms with van der Waals surface area (Å²) < 4.78 is 22.0. The number of phenols is 1. The summed E-state index contributed by atoms with van der Waals surface area (Å²) in [5.74, 6) is -0.217. The van der Waals surface area contributed by atoms with E-state index in [1.54, 1.807) is 13.0 Å². The minimum atomic E-state index is -0.544. The average Bonchev–Trinajstić information content (AvgIpc) is 2.90. The van der Waals surface area contributed by atoms with Gasteiger partial charge in [-0.25, -0.2) is 9.18 Å². The van der Waals surface area contributed by atoms with E-state index in [9.17, 15) is 14.3 Å². The van der Waals surface area contributed by atoms with Crippen LogP contribution >= 0.6 is 11.6 Å². The molecule has 1 heterocycles. The first-order valence-corrected chi connectivity index (χ1v) is 7.65. The number of aromatic nitrogens is 4. The van der Waals surface area contributed by atoms with Crippen LogP contribution < -0.4 is 10.4 Å². The van der Waals surface area contributed by atoms with Crippen LogP contribution in [0.3, 0.4) is 0 Å². The molecule has 2 aromatic carbocycles. The first kappa shape index (κ1) is 17.0. The van der Waals surface area contributed by atoms with Gasteiger partial charge in [-0.1, -0.05) is 17.7 Å². The van der Waals surface area contributed by atoms with Gasteiger partial charge in [0.05, 0.1) is 16.3 Å². The van der Waals surface area contributed by atoms with Crippen LogP contribution in [0.1, 0.15) is 11.1 Å². The maximum absolute atomic E-state index is 14.3. The Bertz CT molecular complexity index is 1000. The Morgan fingerprint density at radius 2 is 2.08 bits per heavy atom. The number of benzene rings is 2. The average molecular weight is 365 g/mol. The molecule has 9 heteroatoms. The molecular formula is C16H14ClFN4O3. The molecule has 0 amide bonds. The van der Waals surface area contributed by atoms with Crippen LogP contribution in [0.15, 0.2) is 35.1 Å². The molecule has 0 aliphatic carbocycles. The van der Waals surface area contributed by atoms with Gasteiger partial charge in [0.1, 0.15) is 23.9 Å². The Morgan fingerprint density at radius 1 is 1.32 bits per heavy atom. The fourth-order valence-corrected chi connectivity index (χ4v) is 2.46. The summed E-state index contributed by atoms with van der Waals surface area (Å²) in [5.41, 5.74) is 0.515. The number of tetrazole rings is 1. The highest BCUT2D eigenvalue weighted by atomic mass is 35.5. The SMILES string of the molecule is Cc1cc(O)c(Cl)cc1OCc1c(F)cccc1-n1nnn(C)c1=O. The summed E-state index contributed by atoms with van der Waals surface area (Å²) in [6.07, 6.45) is 0. The van der Waals surface area contributed by atoms with Crippen molar-refractivity contribution in [2.24, 2.45) is 7.05 Å². The number of aryl methyl sites for hydroxylation is 2. The van der Waals surface area contributed by atoms with Crippen molar-refractivity contribution < 1.29 is 14.2 Å². The van der Waals surface area contributed by atoms with Crippen molar-refractivity contribution in [2.45, 2.75) is 13.5 Å². The molecule has 0 saturated heterocycles. The topological polar surface area (TPSA) is 82.2 Å². The number of ether oxygens (including phenoxy) is 1. The van der Waals surface area contributed by atoms with Crippen molar-refractivity contribution in [1.29, 1.82) is 0 Å². The fourth-order valence-electron chi connectivity index (χ4n) is 2.31. The number of hydrogen-bond donors (Lipinski definition) is 1. The second kappa shape index (κ2) is 6.56. The minimum Gasteiger partial charge on any atom is -0.506 e. The molecule has 1 N–H and O–H groups in total. The molecule has 0 aliphatic heterocycles. The zero-order valence-corrected chi connectivity index (χ0v) is 14.2. The van der Waals surface area contributed by atoms with Gasteiger partial charge in [0.15, 0.2) is 0 Å². The van der Waals surface area contributed by atoms with Gasteiger partial charge in [0.2, 0.25) is 0 Å². The first-order valence-electron chi connectivity index (χ1n) is 7.27. The van der Waals surface area contributed by atoms with E-state index in [-0.39, 0.29) is 28.6 Å². The molecule has 0 aliphatic rings. The van der Waals surface area contributed by atoms with Crippen molar-refractivity contribution in [3.63, 3.8) is 0 Å². The van der Waals surface area contributed by atoms with Crippen molar-refractivity contribution in [1.82, 2.24) is 19.8 Å². The van der Waals surface area contributed by atoms with Gasteiger partial charge in [0.25, 0.3) is 0 Å². The van der Waals surface area contributed by atoms with E-state index in [0.29, 0.717) is 11.3 Å². The lowest BCUT2D eigenvalue weighted by atomic mass is 10.1. The Kier molecular flexibility index (Phi) is 4.45. The predicted molar refractivity (Wildman–Crippen MR) is 88.7 cm³/mol. The summed E-state index contributed by atoms with van der Waals surface area (Å²) in [6, 6.07) is 7.18. The zero-order chi connectivity index (χ0) is 18.1. The molecule has 0 atom stereocenters. The molecule has 0 saturated carbocycles. The van der Waals surface area contributed by atoms with E-state index in [0.717, 1.165) is 9.36 Å². The molecule has 0 radical (unpaired) electrons. The second-order valence-electron chi connectivity index (χ2n) is 5.39. The molecular weight excluding hydrogens is 351 g/mol. The van der Waals surface area contributed by atoms with Gasteiger partial charge in [-0.2, -0.15) is 9.36 Å². The van der Waals surface area contributed by atoms with Crippen molar-refractivity contribution >= 4 is 11.6 Å². The van der Waals surface area contributed by atoms with E-state index in [1.165, 1.54) is 31.3 Å². The molecule has 1 aromatic heterocycles. The van der Waals surface area contributed by atoms with Gasteiger partial charge >= 0.3 is 5.69 Å². The predicted octanol–water partition coefficient (Wildman–Crippen LogP) is 2.35. The van der Waals surface area contributed by atoms with Crippen molar-refractivity contribution in [2.75, 3.05) is 0 Å². The molecule has 25 heavy (non-hydrogen) atoms. The largest absolute Gasteiger partial charge is 0.506 e. The van der Waals surface area contributed by atoms with Crippen LogP contribution in [-0.4, -0.2) is 24.9 Å². The number of halogens is 2. The minimum absolute atomic E-state index is 0.0655. The number of nitrogens with zero attached hydrogens (tertiary/aromatic N) is 4. The highest BCUT2D eigenvalue weighted by Gasteiger charge is 2.16. The van der Waals surface area contributed by atoms with E-state index in [4.69, 9.17) is 16.3 Å². The molecule has 3 aromatic rings. The molecule has 0 unspecified atom stereocenters. The third-order valence-corrected chi connectivity index (χ3v) is 3.96. The third-order valence-electron chi connectivity index (χ3n) is 3.66. The standard InChI is InChI=1S/C16H14ClFN4O3/c1-9-6-14(23)11(17)7-15(9)25-8-10-12(18)4-3-5-13(10)22-16(24)21(2)19-20-22/h3-7,23H,8H2,1-2H3. The summed E-state index contributed by atoms with van der Waals surface area (Å²) >= 11 is 5.88. The summed E-state index contributed by atoms with van der Waals surface area (Å²) in [7, 11) is 1.45. The maximum atomic E-state index is 14.3. The zero-order valence-electron chi connectivity index (χ0n) is 13.4. The molecule has 0 bridgehead atoms. The van der Waals surface area contributed by atoms with E-state index in [2.05, 4.69) is 10.4 Å². The Morgan fingerprint density at radius 3 is 2.76 bits per heavy atom. The van der Waals surface area contributed by atoms with Crippen LogP contribution in [0.2, 0.25) is 5.02 Å². The summed E-state index contributed by atoms with van der Waals surface area (Å²) in [6.45, 7) is 1.56. The molecule has 0 spiro atoms. The molecule has 0 fully saturated rings. The van der Waals surface area contributed by atoms with Crippen molar-refractivity contribution in [3.8, 4) is 17.2 Å². The van der Waals surface area contributed by atoms with Crippen LogP contribution in [0, 0.1) is 12.7 Å². The lowest BCUT2D eigenvalue weighted by Crippen LogP contribution is -2.23. The number of aromatic hydroxyl groups is 1. The normalized spacial score (nSPS) is 10.9. The highest BCUT2D eigenvalue weighted by molar-refractivity contribution is 6.32. The van der Waals surface area contributed by atoms with Crippen LogP contribution in [0.5, 0.6) is 11.5 Å². The molecule has 130 valence electrons. The summed E-state index contributed by atoms with van der Waals surface area (Å²) in [5, 5.41) is 17.1. The quantitative estimate of drug-likeness (QED) is 0.768. The number of phenolic OH excluding ortho intramolecular Hbond substituents is 1. The Hall–Kier alpha value is -2.87.